The lowest BCUT2D eigenvalue weighted by molar-refractivity contribution is -0.137. The van der Waals surface area contributed by atoms with Gasteiger partial charge in [-0.25, -0.2) is 14.5 Å². The van der Waals surface area contributed by atoms with Crippen LogP contribution in [-0.4, -0.2) is 55.4 Å². The Bertz CT molecular complexity index is 1670. The van der Waals surface area contributed by atoms with Crippen LogP contribution in [0.1, 0.15) is 54.3 Å². The van der Waals surface area contributed by atoms with Crippen molar-refractivity contribution >= 4 is 17.2 Å². The summed E-state index contributed by atoms with van der Waals surface area (Å²) >= 11 is 0. The number of aryl methyl sites for hydroxylation is 2. The van der Waals surface area contributed by atoms with Gasteiger partial charge < -0.3 is 9.64 Å². The summed E-state index contributed by atoms with van der Waals surface area (Å²) in [5, 5.41) is 15.5. The number of aromatic nitrogens is 6. The van der Waals surface area contributed by atoms with Crippen molar-refractivity contribution in [3.05, 3.63) is 81.6 Å². The minimum absolute atomic E-state index is 0.0733. The van der Waals surface area contributed by atoms with Crippen molar-refractivity contribution in [2.45, 2.75) is 50.5 Å². The maximum atomic E-state index is 12.9. The first-order valence-corrected chi connectivity index (χ1v) is 13.1. The van der Waals surface area contributed by atoms with Gasteiger partial charge in [-0.3, -0.25) is 9.89 Å². The molecule has 2 bridgehead atoms. The summed E-state index contributed by atoms with van der Waals surface area (Å²) in [5.41, 5.74) is 11.2. The number of aromatic amines is 1. The molecule has 12 heteroatoms. The van der Waals surface area contributed by atoms with Crippen molar-refractivity contribution in [1.82, 2.24) is 29.8 Å². The Hall–Kier alpha value is -4.28. The Labute approximate surface area is 224 Å². The number of azide groups is 1. The highest BCUT2D eigenvalue weighted by Crippen LogP contribution is 2.70. The molecule has 198 valence electrons. The zero-order valence-electron chi connectivity index (χ0n) is 22.0. The van der Waals surface area contributed by atoms with Gasteiger partial charge in [0.25, 0.3) is 0 Å². The van der Waals surface area contributed by atoms with Gasteiger partial charge in [-0.05, 0) is 48.1 Å². The topological polar surface area (TPSA) is 150 Å². The van der Waals surface area contributed by atoms with Crippen LogP contribution < -0.4 is 4.90 Å². The number of H-pyrrole nitrogens is 1. The summed E-state index contributed by atoms with van der Waals surface area (Å²) in [6.07, 6.45) is 3.39. The number of pyridine rings is 1. The number of carbonyl (C=O) groups excluding carboxylic acids is 1. The lowest BCUT2D eigenvalue weighted by Gasteiger charge is -2.47. The summed E-state index contributed by atoms with van der Waals surface area (Å²) in [4.78, 5) is 27.5. The number of anilines is 1. The second-order valence-corrected chi connectivity index (χ2v) is 11.4. The van der Waals surface area contributed by atoms with Crippen LogP contribution in [-0.2, 0) is 20.5 Å². The Morgan fingerprint density at radius 3 is 2.82 bits per heavy atom. The molecule has 12 nitrogen and oxygen atoms in total. The van der Waals surface area contributed by atoms with E-state index in [4.69, 9.17) is 20.4 Å². The zero-order valence-corrected chi connectivity index (χ0v) is 22.0. The SMILES string of the molecule is Cc1nc(C2C3(C(=O)N=[N+]=[N-])COC2(c2nc4c(C)cc(N5CC[C@](C)(c6ccccc6)C5)cn4n2)C3)n[nH]1. The van der Waals surface area contributed by atoms with Crippen molar-refractivity contribution < 1.29 is 9.53 Å². The molecule has 1 N–H and O–H groups in total. The fourth-order valence-corrected chi connectivity index (χ4v) is 6.87. The van der Waals surface area contributed by atoms with E-state index in [-0.39, 0.29) is 12.0 Å². The van der Waals surface area contributed by atoms with Gasteiger partial charge in [0.1, 0.15) is 11.4 Å². The molecule has 0 radical (unpaired) electrons. The molecule has 1 amide bonds. The van der Waals surface area contributed by atoms with Gasteiger partial charge in [-0.2, -0.15) is 5.10 Å². The lowest BCUT2D eigenvalue weighted by atomic mass is 9.52. The molecule has 6 heterocycles. The number of ether oxygens (including phenoxy) is 1. The Kier molecular flexibility index (Phi) is 4.95. The van der Waals surface area contributed by atoms with E-state index in [1.165, 1.54) is 5.56 Å². The van der Waals surface area contributed by atoms with Crippen molar-refractivity contribution in [1.29, 1.82) is 0 Å². The van der Waals surface area contributed by atoms with E-state index in [1.807, 2.05) is 17.6 Å². The molecule has 3 aliphatic heterocycles. The van der Waals surface area contributed by atoms with Gasteiger partial charge in [-0.15, -0.1) is 5.10 Å². The quantitative estimate of drug-likeness (QED) is 0.236. The highest BCUT2D eigenvalue weighted by atomic mass is 16.5. The number of carbonyl (C=O) groups is 1. The molecule has 1 aliphatic carbocycles. The molecule has 4 aromatic rings. The van der Waals surface area contributed by atoms with Crippen LogP contribution >= 0.6 is 0 Å². The van der Waals surface area contributed by atoms with Crippen molar-refractivity contribution in [2.24, 2.45) is 10.5 Å². The summed E-state index contributed by atoms with van der Waals surface area (Å²) in [6.45, 7) is 8.09. The first-order valence-electron chi connectivity index (χ1n) is 13.1. The van der Waals surface area contributed by atoms with Gasteiger partial charge in [0.05, 0.1) is 29.8 Å². The van der Waals surface area contributed by atoms with Crippen LogP contribution in [0.25, 0.3) is 16.1 Å². The van der Waals surface area contributed by atoms with E-state index in [0.29, 0.717) is 23.9 Å². The van der Waals surface area contributed by atoms with Gasteiger partial charge in [0.2, 0.25) is 5.91 Å². The van der Waals surface area contributed by atoms with Gasteiger partial charge >= 0.3 is 0 Å². The summed E-state index contributed by atoms with van der Waals surface area (Å²) < 4.78 is 8.09. The van der Waals surface area contributed by atoms with Crippen LogP contribution in [0.4, 0.5) is 5.69 Å². The Morgan fingerprint density at radius 2 is 2.08 bits per heavy atom. The highest BCUT2D eigenvalue weighted by molar-refractivity contribution is 5.87. The number of hydrogen-bond donors (Lipinski definition) is 1. The molecule has 8 rings (SSSR count). The number of hydrogen-bond acceptors (Lipinski definition) is 7. The molecular formula is C27H28N10O2. The average molecular weight is 525 g/mol. The van der Waals surface area contributed by atoms with Crippen LogP contribution in [0.2, 0.25) is 0 Å². The van der Waals surface area contributed by atoms with E-state index in [9.17, 15) is 4.79 Å². The van der Waals surface area contributed by atoms with Crippen LogP contribution in [0.15, 0.2) is 47.7 Å². The van der Waals surface area contributed by atoms with Crippen molar-refractivity contribution in [2.75, 3.05) is 24.6 Å². The fourth-order valence-electron chi connectivity index (χ4n) is 6.87. The number of nitrogens with zero attached hydrogens (tertiary/aromatic N) is 9. The fraction of sp³-hybridized carbons (Fsp3) is 0.444. The first-order chi connectivity index (χ1) is 18.8. The zero-order chi connectivity index (χ0) is 27.0. The highest BCUT2D eigenvalue weighted by Gasteiger charge is 2.77. The molecule has 3 saturated heterocycles. The summed E-state index contributed by atoms with van der Waals surface area (Å²) in [6, 6.07) is 12.8. The second kappa shape index (κ2) is 8.11. The third-order valence-electron chi connectivity index (χ3n) is 8.91. The summed E-state index contributed by atoms with van der Waals surface area (Å²) in [7, 11) is 0. The Morgan fingerprint density at radius 1 is 1.26 bits per heavy atom. The molecule has 1 saturated carbocycles. The Balaban J connectivity index is 1.25. The van der Waals surface area contributed by atoms with Crippen LogP contribution in [0, 0.1) is 19.3 Å². The van der Waals surface area contributed by atoms with Crippen molar-refractivity contribution in [3.63, 3.8) is 0 Å². The third kappa shape index (κ3) is 3.28. The molecule has 1 aromatic carbocycles. The maximum absolute atomic E-state index is 12.9. The molecule has 3 aromatic heterocycles. The van der Waals surface area contributed by atoms with Gasteiger partial charge in [-0.1, -0.05) is 37.3 Å². The number of rotatable bonds is 5. The monoisotopic (exact) mass is 524 g/mol. The predicted molar refractivity (Wildman–Crippen MR) is 141 cm³/mol. The van der Waals surface area contributed by atoms with Gasteiger partial charge in [0.15, 0.2) is 17.3 Å². The van der Waals surface area contributed by atoms with Crippen LogP contribution in [0.3, 0.4) is 0 Å². The maximum Gasteiger partial charge on any atom is 0.228 e. The van der Waals surface area contributed by atoms with E-state index in [1.54, 1.807) is 6.92 Å². The summed E-state index contributed by atoms with van der Waals surface area (Å²) in [5.74, 6) is 0.409. The molecule has 4 atom stereocenters. The first kappa shape index (κ1) is 23.8. The minimum atomic E-state index is -1.03. The van der Waals surface area contributed by atoms with Gasteiger partial charge in [0, 0.05) is 29.8 Å². The number of nitrogens with one attached hydrogen (secondary N) is 1. The lowest BCUT2D eigenvalue weighted by Crippen LogP contribution is -2.55. The van der Waals surface area contributed by atoms with E-state index in [2.05, 4.69) is 73.4 Å². The normalized spacial score (nSPS) is 29.4. The number of amides is 1. The van der Waals surface area contributed by atoms with E-state index in [0.717, 1.165) is 36.4 Å². The van der Waals surface area contributed by atoms with Crippen LogP contribution in [0.5, 0.6) is 0 Å². The number of benzene rings is 1. The molecule has 3 unspecified atom stereocenters. The average Bonchev–Trinajstić information content (AvgIpc) is 3.73. The second-order valence-electron chi connectivity index (χ2n) is 11.4. The van der Waals surface area contributed by atoms with E-state index >= 15 is 0 Å². The standard InChI is InChI=1S/C27H28N10O2/c1-16-11-19(36-10-9-25(3,14-36)18-7-5-4-6-8-18)12-37-22(16)30-23(34-37)27-13-26(15-39-27,24(38)33-35-28)20(27)21-29-17(2)31-32-21/h4-8,11-12,20H,9-10,13-15H2,1-3H3,(H,29,31,32)/t20?,25-,26?,27?/m0/s1. The number of fused-ring (bicyclic) bond motifs is 2. The molecule has 4 aliphatic rings. The smallest absolute Gasteiger partial charge is 0.228 e. The molecular weight excluding hydrogens is 496 g/mol. The minimum Gasteiger partial charge on any atom is -0.369 e. The molecule has 39 heavy (non-hydrogen) atoms. The predicted octanol–water partition coefficient (Wildman–Crippen LogP) is 3.87. The molecule has 0 spiro atoms. The third-order valence-corrected chi connectivity index (χ3v) is 8.91. The molecule has 4 fully saturated rings. The van der Waals surface area contributed by atoms with Crippen molar-refractivity contribution in [3.8, 4) is 0 Å². The largest absolute Gasteiger partial charge is 0.369 e. The van der Waals surface area contributed by atoms with E-state index < -0.39 is 22.8 Å².